The zero-order valence-electron chi connectivity index (χ0n) is 12.8. The third kappa shape index (κ3) is 5.42. The van der Waals surface area contributed by atoms with Gasteiger partial charge >= 0.3 is 0 Å². The molecule has 1 aromatic rings. The first-order valence-corrected chi connectivity index (χ1v) is 9.22. The predicted molar refractivity (Wildman–Crippen MR) is 103 cm³/mol. The molecule has 0 heterocycles. The number of rotatable bonds is 5. The van der Waals surface area contributed by atoms with Crippen molar-refractivity contribution in [2.45, 2.75) is 32.6 Å². The molecule has 2 rings (SSSR count). The number of nitrogens with zero attached hydrogens (tertiary/aromatic N) is 1. The highest BCUT2D eigenvalue weighted by Crippen LogP contribution is 2.27. The molecule has 22 heavy (non-hydrogen) atoms. The maximum absolute atomic E-state index is 11.4. The van der Waals surface area contributed by atoms with Gasteiger partial charge in [-0.3, -0.25) is 4.99 Å². The van der Waals surface area contributed by atoms with Gasteiger partial charge in [0.2, 0.25) is 0 Å². The monoisotopic (exact) mass is 437 g/mol. The number of nitrogens with one attached hydrogen (secondary N) is 1. The summed E-state index contributed by atoms with van der Waals surface area (Å²) in [5.74, 6) is 0.459. The molecule has 0 saturated carbocycles. The number of aliphatic imine (C=N–C) groups is 1. The number of fused-ring (bicyclic) bond motifs is 1. The predicted octanol–water partition coefficient (Wildman–Crippen LogP) is 2.34. The lowest BCUT2D eigenvalue weighted by molar-refractivity contribution is 0.597. The lowest BCUT2D eigenvalue weighted by Gasteiger charge is -2.19. The Balaban J connectivity index is 0.00000242. The van der Waals surface area contributed by atoms with Crippen molar-refractivity contribution < 1.29 is 8.42 Å². The van der Waals surface area contributed by atoms with E-state index in [-0.39, 0.29) is 48.0 Å². The average molecular weight is 437 g/mol. The highest BCUT2D eigenvalue weighted by Gasteiger charge is 2.13. The van der Waals surface area contributed by atoms with Crippen molar-refractivity contribution in [3.05, 3.63) is 29.3 Å². The summed E-state index contributed by atoms with van der Waals surface area (Å²) in [5.41, 5.74) is 9.52. The maximum atomic E-state index is 11.4. The first kappa shape index (κ1) is 19.2. The fourth-order valence-corrected chi connectivity index (χ4v) is 3.18. The Labute approximate surface area is 149 Å². The molecule has 5 nitrogen and oxygen atoms in total. The summed E-state index contributed by atoms with van der Waals surface area (Å²) < 4.78 is 22.8. The molecule has 3 N–H and O–H groups in total. The summed E-state index contributed by atoms with van der Waals surface area (Å²) in [6, 6.07) is 6.16. The van der Waals surface area contributed by atoms with Crippen LogP contribution in [0.1, 0.15) is 30.9 Å². The third-order valence-corrected chi connectivity index (χ3v) is 5.47. The number of hydrogen-bond donors (Lipinski definition) is 2. The Bertz CT molecular complexity index is 630. The van der Waals surface area contributed by atoms with Crippen molar-refractivity contribution in [1.29, 1.82) is 0 Å². The minimum atomic E-state index is -2.99. The highest BCUT2D eigenvalue weighted by molar-refractivity contribution is 14.0. The molecular formula is C15H24IN3O2S. The van der Waals surface area contributed by atoms with E-state index < -0.39 is 9.84 Å². The van der Waals surface area contributed by atoms with Gasteiger partial charge in [0.15, 0.2) is 15.8 Å². The largest absolute Gasteiger partial charge is 0.370 e. The molecule has 124 valence electrons. The zero-order chi connectivity index (χ0) is 15.3. The second-order valence-corrected chi connectivity index (χ2v) is 7.75. The minimum Gasteiger partial charge on any atom is -0.370 e. The number of anilines is 1. The number of hydrogen-bond acceptors (Lipinski definition) is 3. The highest BCUT2D eigenvalue weighted by atomic mass is 127. The van der Waals surface area contributed by atoms with E-state index in [1.165, 1.54) is 24.0 Å². The molecule has 0 atom stereocenters. The Morgan fingerprint density at radius 3 is 2.77 bits per heavy atom. The van der Waals surface area contributed by atoms with Crippen LogP contribution in [0.15, 0.2) is 23.2 Å². The lowest BCUT2D eigenvalue weighted by Crippen LogP contribution is -2.25. The average Bonchev–Trinajstić information content (AvgIpc) is 2.47. The van der Waals surface area contributed by atoms with E-state index in [9.17, 15) is 8.42 Å². The normalized spacial score (nSPS) is 14.9. The van der Waals surface area contributed by atoms with Crippen LogP contribution in [0.5, 0.6) is 0 Å². The SMILES string of the molecule is CCS(=O)(=O)CCN=C(N)Nc1cccc2c1CCCC2.I. The summed E-state index contributed by atoms with van der Waals surface area (Å²) in [5, 5.41) is 3.11. The molecule has 1 aliphatic rings. The summed E-state index contributed by atoms with van der Waals surface area (Å²) >= 11 is 0. The van der Waals surface area contributed by atoms with Crippen molar-refractivity contribution >= 4 is 45.5 Å². The van der Waals surface area contributed by atoms with Gasteiger partial charge in [-0.1, -0.05) is 19.1 Å². The van der Waals surface area contributed by atoms with Crippen molar-refractivity contribution in [2.24, 2.45) is 10.7 Å². The van der Waals surface area contributed by atoms with Crippen LogP contribution in [0.25, 0.3) is 0 Å². The second kappa shape index (κ2) is 8.71. The second-order valence-electron chi connectivity index (χ2n) is 5.28. The zero-order valence-corrected chi connectivity index (χ0v) is 16.0. The van der Waals surface area contributed by atoms with Crippen LogP contribution in [0.3, 0.4) is 0 Å². The van der Waals surface area contributed by atoms with Crippen LogP contribution in [0.4, 0.5) is 5.69 Å². The molecule has 0 aliphatic heterocycles. The van der Waals surface area contributed by atoms with E-state index in [2.05, 4.69) is 16.4 Å². The summed E-state index contributed by atoms with van der Waals surface area (Å²) in [4.78, 5) is 4.11. The number of aryl methyl sites for hydroxylation is 1. The van der Waals surface area contributed by atoms with Crippen LogP contribution < -0.4 is 11.1 Å². The van der Waals surface area contributed by atoms with Crippen LogP contribution in [-0.2, 0) is 22.7 Å². The van der Waals surface area contributed by atoms with E-state index in [4.69, 9.17) is 5.73 Å². The van der Waals surface area contributed by atoms with E-state index in [0.29, 0.717) is 0 Å². The first-order valence-electron chi connectivity index (χ1n) is 7.40. The quantitative estimate of drug-likeness (QED) is 0.421. The molecule has 7 heteroatoms. The Morgan fingerprint density at radius 2 is 2.05 bits per heavy atom. The molecule has 0 aromatic heterocycles. The van der Waals surface area contributed by atoms with Gasteiger partial charge in [0.25, 0.3) is 0 Å². The van der Waals surface area contributed by atoms with Gasteiger partial charge < -0.3 is 11.1 Å². The topological polar surface area (TPSA) is 84.5 Å². The molecule has 0 amide bonds. The van der Waals surface area contributed by atoms with Gasteiger partial charge in [0.05, 0.1) is 12.3 Å². The molecule has 0 unspecified atom stereocenters. The molecule has 0 spiro atoms. The molecular weight excluding hydrogens is 413 g/mol. The standard InChI is InChI=1S/C15H23N3O2S.HI/c1-2-21(19,20)11-10-17-15(16)18-14-9-5-7-12-6-3-4-8-13(12)14;/h5,7,9H,2-4,6,8,10-11H2,1H3,(H3,16,17,18);1H. The van der Waals surface area contributed by atoms with Gasteiger partial charge in [-0.25, -0.2) is 8.42 Å². The van der Waals surface area contributed by atoms with E-state index in [1.54, 1.807) is 6.92 Å². The fourth-order valence-electron chi connectivity index (χ4n) is 2.53. The molecule has 0 bridgehead atoms. The molecule has 1 aliphatic carbocycles. The first-order chi connectivity index (χ1) is 10.0. The molecule has 0 saturated heterocycles. The minimum absolute atomic E-state index is 0. The number of nitrogens with two attached hydrogens (primary N) is 1. The number of benzene rings is 1. The summed E-state index contributed by atoms with van der Waals surface area (Å²) in [6.07, 6.45) is 4.58. The number of halogens is 1. The van der Waals surface area contributed by atoms with E-state index in [1.807, 2.05) is 12.1 Å². The van der Waals surface area contributed by atoms with Gasteiger partial charge in [-0.2, -0.15) is 0 Å². The van der Waals surface area contributed by atoms with Crippen molar-refractivity contribution in [1.82, 2.24) is 0 Å². The van der Waals surface area contributed by atoms with Crippen LogP contribution in [0, 0.1) is 0 Å². The summed E-state index contributed by atoms with van der Waals surface area (Å²) in [6.45, 7) is 1.83. The van der Waals surface area contributed by atoms with Gasteiger partial charge in [0.1, 0.15) is 0 Å². The van der Waals surface area contributed by atoms with Crippen LogP contribution in [0.2, 0.25) is 0 Å². The Hall–Kier alpha value is -0.830. The lowest BCUT2D eigenvalue weighted by atomic mass is 9.90. The maximum Gasteiger partial charge on any atom is 0.193 e. The summed E-state index contributed by atoms with van der Waals surface area (Å²) in [7, 11) is -2.99. The van der Waals surface area contributed by atoms with Crippen LogP contribution >= 0.6 is 24.0 Å². The molecule has 0 radical (unpaired) electrons. The smallest absolute Gasteiger partial charge is 0.193 e. The molecule has 0 fully saturated rings. The number of guanidine groups is 1. The molecule has 1 aromatic carbocycles. The Kier molecular flexibility index (Phi) is 7.61. The van der Waals surface area contributed by atoms with E-state index >= 15 is 0 Å². The van der Waals surface area contributed by atoms with Gasteiger partial charge in [-0.15, -0.1) is 24.0 Å². The van der Waals surface area contributed by atoms with Crippen molar-refractivity contribution in [3.8, 4) is 0 Å². The fraction of sp³-hybridized carbons (Fsp3) is 0.533. The van der Waals surface area contributed by atoms with Gasteiger partial charge in [-0.05, 0) is 42.9 Å². The van der Waals surface area contributed by atoms with E-state index in [0.717, 1.165) is 18.5 Å². The van der Waals surface area contributed by atoms with Crippen molar-refractivity contribution in [3.63, 3.8) is 0 Å². The number of sulfone groups is 1. The Morgan fingerprint density at radius 1 is 1.32 bits per heavy atom. The van der Waals surface area contributed by atoms with Crippen LogP contribution in [-0.4, -0.2) is 32.4 Å². The van der Waals surface area contributed by atoms with Gasteiger partial charge in [0, 0.05) is 11.4 Å². The van der Waals surface area contributed by atoms with Crippen molar-refractivity contribution in [2.75, 3.05) is 23.4 Å². The third-order valence-electron chi connectivity index (χ3n) is 3.78.